The Hall–Kier alpha value is -1.92. The molecule has 22 heavy (non-hydrogen) atoms. The fourth-order valence-corrected chi connectivity index (χ4v) is 1.91. The third kappa shape index (κ3) is 5.83. The average molecular weight is 310 g/mol. The summed E-state index contributed by atoms with van der Waals surface area (Å²) in [6.45, 7) is 3.17. The van der Waals surface area contributed by atoms with E-state index in [4.69, 9.17) is 5.11 Å². The molecule has 1 atom stereocenters. The fourth-order valence-electron chi connectivity index (χ4n) is 1.91. The maximum absolute atomic E-state index is 11.9. The summed E-state index contributed by atoms with van der Waals surface area (Å²) in [7, 11) is 0. The van der Waals surface area contributed by atoms with Crippen molar-refractivity contribution in [2.75, 3.05) is 6.61 Å². The molecule has 0 heterocycles. The lowest BCUT2D eigenvalue weighted by Crippen LogP contribution is -2.31. The van der Waals surface area contributed by atoms with Gasteiger partial charge in [-0.25, -0.2) is 19.4 Å². The second-order valence-electron chi connectivity index (χ2n) is 5.72. The van der Waals surface area contributed by atoms with Gasteiger partial charge in [0.15, 0.2) is 0 Å². The van der Waals surface area contributed by atoms with E-state index in [0.717, 1.165) is 0 Å². The molecular weight excluding hydrogens is 288 g/mol. The predicted octanol–water partition coefficient (Wildman–Crippen LogP) is 1.85. The molecule has 1 aromatic rings. The molecule has 6 heteroatoms. The summed E-state index contributed by atoms with van der Waals surface area (Å²) in [5.74, 6) is -1.49. The number of aliphatic hydroxyl groups is 2. The zero-order valence-electron chi connectivity index (χ0n) is 12.8. The Morgan fingerprint density at radius 2 is 1.82 bits per heavy atom. The standard InChI is InChI=1S/C16H22O6/c1-16(2,11-13(18)9-6-10-17)15(20)22-21-14(19)12-7-4-3-5-8-12/h3-5,7-8,13,17-18H,6,9-11H2,1-2H3. The number of hydrogen-bond acceptors (Lipinski definition) is 6. The van der Waals surface area contributed by atoms with Gasteiger partial charge in [0.25, 0.3) is 0 Å². The van der Waals surface area contributed by atoms with Crippen molar-refractivity contribution in [2.24, 2.45) is 5.41 Å². The Balaban J connectivity index is 2.47. The van der Waals surface area contributed by atoms with Crippen LogP contribution >= 0.6 is 0 Å². The van der Waals surface area contributed by atoms with Gasteiger partial charge in [-0.3, -0.25) is 0 Å². The first-order valence-electron chi connectivity index (χ1n) is 7.14. The zero-order valence-corrected chi connectivity index (χ0v) is 12.8. The first-order valence-corrected chi connectivity index (χ1v) is 7.14. The molecule has 0 fully saturated rings. The molecule has 0 aliphatic rings. The third-order valence-corrected chi connectivity index (χ3v) is 3.20. The van der Waals surface area contributed by atoms with Crippen molar-refractivity contribution in [2.45, 2.75) is 39.2 Å². The highest BCUT2D eigenvalue weighted by Crippen LogP contribution is 2.26. The summed E-state index contributed by atoms with van der Waals surface area (Å²) in [5.41, 5.74) is -0.734. The highest BCUT2D eigenvalue weighted by Gasteiger charge is 2.33. The van der Waals surface area contributed by atoms with E-state index in [-0.39, 0.29) is 18.6 Å². The van der Waals surface area contributed by atoms with Gasteiger partial charge in [0.05, 0.1) is 17.1 Å². The van der Waals surface area contributed by atoms with Crippen LogP contribution in [0.4, 0.5) is 0 Å². The van der Waals surface area contributed by atoms with Crippen LogP contribution in [0.5, 0.6) is 0 Å². The topological polar surface area (TPSA) is 93.1 Å². The molecule has 0 amide bonds. The van der Waals surface area contributed by atoms with Crippen molar-refractivity contribution in [3.05, 3.63) is 35.9 Å². The zero-order chi connectivity index (χ0) is 16.6. The number of carbonyl (C=O) groups is 2. The van der Waals surface area contributed by atoms with Crippen LogP contribution in [0.15, 0.2) is 30.3 Å². The van der Waals surface area contributed by atoms with Crippen LogP contribution in [0.2, 0.25) is 0 Å². The van der Waals surface area contributed by atoms with Gasteiger partial charge in [-0.15, -0.1) is 0 Å². The Bertz CT molecular complexity index is 483. The lowest BCUT2D eigenvalue weighted by atomic mass is 9.86. The van der Waals surface area contributed by atoms with E-state index >= 15 is 0 Å². The Morgan fingerprint density at radius 3 is 2.41 bits per heavy atom. The van der Waals surface area contributed by atoms with Crippen molar-refractivity contribution in [3.63, 3.8) is 0 Å². The van der Waals surface area contributed by atoms with Crippen LogP contribution in [-0.2, 0) is 14.6 Å². The molecule has 0 aromatic heterocycles. The van der Waals surface area contributed by atoms with E-state index in [9.17, 15) is 14.7 Å². The molecule has 6 nitrogen and oxygen atoms in total. The van der Waals surface area contributed by atoms with Gasteiger partial charge in [0, 0.05) is 6.61 Å². The summed E-state index contributed by atoms with van der Waals surface area (Å²) in [6, 6.07) is 8.17. The summed E-state index contributed by atoms with van der Waals surface area (Å²) < 4.78 is 0. The molecule has 1 aromatic carbocycles. The molecule has 0 saturated heterocycles. The maximum Gasteiger partial charge on any atom is 0.386 e. The summed E-state index contributed by atoms with van der Waals surface area (Å²) in [4.78, 5) is 32.7. The Kier molecular flexibility index (Phi) is 7.01. The van der Waals surface area contributed by atoms with Crippen LogP contribution in [0.1, 0.15) is 43.5 Å². The number of carbonyl (C=O) groups excluding carboxylic acids is 2. The van der Waals surface area contributed by atoms with E-state index in [2.05, 4.69) is 9.78 Å². The number of hydrogen-bond donors (Lipinski definition) is 2. The molecule has 1 unspecified atom stereocenters. The van der Waals surface area contributed by atoms with Crippen LogP contribution in [0.3, 0.4) is 0 Å². The minimum absolute atomic E-state index is 0.0172. The highest BCUT2D eigenvalue weighted by molar-refractivity contribution is 5.89. The smallest absolute Gasteiger partial charge is 0.386 e. The lowest BCUT2D eigenvalue weighted by Gasteiger charge is -2.23. The number of benzene rings is 1. The largest absolute Gasteiger partial charge is 0.396 e. The molecule has 0 aliphatic carbocycles. The average Bonchev–Trinajstić information content (AvgIpc) is 2.50. The first-order chi connectivity index (χ1) is 10.4. The highest BCUT2D eigenvalue weighted by atomic mass is 17.2. The molecule has 1 rings (SSSR count). The van der Waals surface area contributed by atoms with E-state index in [1.807, 2.05) is 0 Å². The summed E-state index contributed by atoms with van der Waals surface area (Å²) in [5, 5.41) is 18.5. The van der Waals surface area contributed by atoms with Crippen LogP contribution < -0.4 is 0 Å². The van der Waals surface area contributed by atoms with E-state index in [0.29, 0.717) is 12.8 Å². The fraction of sp³-hybridized carbons (Fsp3) is 0.500. The molecule has 0 spiro atoms. The van der Waals surface area contributed by atoms with Crippen LogP contribution in [0.25, 0.3) is 0 Å². The first kappa shape index (κ1) is 18.1. The van der Waals surface area contributed by atoms with Crippen LogP contribution in [0, 0.1) is 5.41 Å². The molecule has 2 N–H and O–H groups in total. The second-order valence-corrected chi connectivity index (χ2v) is 5.72. The quantitative estimate of drug-likeness (QED) is 0.590. The molecule has 0 bridgehead atoms. The molecule has 122 valence electrons. The summed E-state index contributed by atoms with van der Waals surface area (Å²) >= 11 is 0. The van der Waals surface area contributed by atoms with Crippen molar-refractivity contribution in [1.29, 1.82) is 0 Å². The molecule has 0 radical (unpaired) electrons. The van der Waals surface area contributed by atoms with Gasteiger partial charge >= 0.3 is 11.9 Å². The SMILES string of the molecule is CC(C)(CC(O)CCCO)C(=O)OOC(=O)c1ccccc1. The van der Waals surface area contributed by atoms with Gasteiger partial charge in [-0.2, -0.15) is 0 Å². The predicted molar refractivity (Wildman–Crippen MR) is 78.7 cm³/mol. The minimum Gasteiger partial charge on any atom is -0.396 e. The van der Waals surface area contributed by atoms with E-state index < -0.39 is 23.5 Å². The minimum atomic E-state index is -1.01. The summed E-state index contributed by atoms with van der Waals surface area (Å²) in [6.07, 6.45) is 0.251. The third-order valence-electron chi connectivity index (χ3n) is 3.20. The van der Waals surface area contributed by atoms with E-state index in [1.165, 1.54) is 0 Å². The lowest BCUT2D eigenvalue weighted by molar-refractivity contribution is -0.244. The molecular formula is C16H22O6. The molecule has 0 aliphatic heterocycles. The van der Waals surface area contributed by atoms with Crippen LogP contribution in [-0.4, -0.2) is 34.9 Å². The second kappa shape index (κ2) is 8.51. The van der Waals surface area contributed by atoms with Crippen molar-refractivity contribution in [1.82, 2.24) is 0 Å². The van der Waals surface area contributed by atoms with Gasteiger partial charge in [0.2, 0.25) is 0 Å². The van der Waals surface area contributed by atoms with Crippen molar-refractivity contribution in [3.8, 4) is 0 Å². The van der Waals surface area contributed by atoms with Gasteiger partial charge in [-0.05, 0) is 45.2 Å². The Morgan fingerprint density at radius 1 is 1.18 bits per heavy atom. The monoisotopic (exact) mass is 310 g/mol. The Labute approximate surface area is 129 Å². The van der Waals surface area contributed by atoms with Gasteiger partial charge < -0.3 is 10.2 Å². The maximum atomic E-state index is 11.9. The van der Waals surface area contributed by atoms with Crippen molar-refractivity contribution >= 4 is 11.9 Å². The number of rotatable bonds is 7. The molecule has 0 saturated carbocycles. The van der Waals surface area contributed by atoms with Gasteiger partial charge in [-0.1, -0.05) is 18.2 Å². The van der Waals surface area contributed by atoms with Gasteiger partial charge in [0.1, 0.15) is 0 Å². The number of aliphatic hydroxyl groups excluding tert-OH is 2. The van der Waals surface area contributed by atoms with Crippen molar-refractivity contribution < 1.29 is 29.6 Å². The normalized spacial score (nSPS) is 12.5. The van der Waals surface area contributed by atoms with E-state index in [1.54, 1.807) is 44.2 Å².